The van der Waals surface area contributed by atoms with E-state index in [-0.39, 0.29) is 0 Å². The van der Waals surface area contributed by atoms with E-state index in [0.717, 1.165) is 38.5 Å². The summed E-state index contributed by atoms with van der Waals surface area (Å²) in [6, 6.07) is 0.512. The van der Waals surface area contributed by atoms with E-state index in [9.17, 15) is 0 Å². The summed E-state index contributed by atoms with van der Waals surface area (Å²) in [4.78, 5) is 11.6. The van der Waals surface area contributed by atoms with Gasteiger partial charge in [-0.15, -0.1) is 0 Å². The zero-order chi connectivity index (χ0) is 13.4. The number of fused-ring (bicyclic) bond motifs is 2. The van der Waals surface area contributed by atoms with Crippen LogP contribution in [-0.2, 0) is 17.7 Å². The van der Waals surface area contributed by atoms with Crippen molar-refractivity contribution in [1.29, 1.82) is 0 Å². The van der Waals surface area contributed by atoms with Crippen LogP contribution in [0.3, 0.4) is 0 Å². The minimum absolute atomic E-state index is 0.402. The summed E-state index contributed by atoms with van der Waals surface area (Å²) >= 11 is 0. The van der Waals surface area contributed by atoms with E-state index in [0.29, 0.717) is 12.1 Å². The Morgan fingerprint density at radius 1 is 1.25 bits per heavy atom. The van der Waals surface area contributed by atoms with Gasteiger partial charge in [0.05, 0.1) is 24.4 Å². The van der Waals surface area contributed by atoms with Crippen molar-refractivity contribution in [2.45, 2.75) is 50.8 Å². The second-order valence-electron chi connectivity index (χ2n) is 6.00. The van der Waals surface area contributed by atoms with E-state index in [1.807, 2.05) is 0 Å². The molecule has 1 saturated heterocycles. The van der Waals surface area contributed by atoms with Gasteiger partial charge in [-0.1, -0.05) is 12.8 Å². The number of anilines is 1. The van der Waals surface area contributed by atoms with Crippen molar-refractivity contribution in [3.8, 4) is 0 Å². The van der Waals surface area contributed by atoms with E-state index in [4.69, 9.17) is 4.74 Å². The van der Waals surface area contributed by atoms with E-state index >= 15 is 0 Å². The van der Waals surface area contributed by atoms with E-state index < -0.39 is 0 Å². The molecule has 1 aliphatic carbocycles. The molecule has 2 atom stereocenters. The molecule has 1 saturated carbocycles. The van der Waals surface area contributed by atoms with E-state index in [2.05, 4.69) is 20.2 Å². The Bertz CT molecular complexity index is 491. The summed E-state index contributed by atoms with van der Waals surface area (Å²) in [6.45, 7) is 3.72. The Morgan fingerprint density at radius 3 is 3.20 bits per heavy atom. The lowest BCUT2D eigenvalue weighted by molar-refractivity contribution is -0.00908. The summed E-state index contributed by atoms with van der Waals surface area (Å²) < 4.78 is 5.98. The Kier molecular flexibility index (Phi) is 3.32. The molecule has 0 radical (unpaired) electrons. The van der Waals surface area contributed by atoms with Crippen LogP contribution in [0.5, 0.6) is 0 Å². The van der Waals surface area contributed by atoms with Crippen LogP contribution >= 0.6 is 0 Å². The number of hydrogen-bond acceptors (Lipinski definition) is 5. The molecular weight excluding hydrogens is 252 g/mol. The van der Waals surface area contributed by atoms with Gasteiger partial charge in [-0.05, 0) is 12.8 Å². The third kappa shape index (κ3) is 2.09. The third-order valence-electron chi connectivity index (χ3n) is 4.86. The Balaban J connectivity index is 1.69. The van der Waals surface area contributed by atoms with Gasteiger partial charge in [0, 0.05) is 31.6 Å². The van der Waals surface area contributed by atoms with E-state index in [1.165, 1.54) is 36.9 Å². The topological polar surface area (TPSA) is 50.3 Å². The minimum atomic E-state index is 0.402. The van der Waals surface area contributed by atoms with Crippen molar-refractivity contribution in [3.63, 3.8) is 0 Å². The molecular formula is C15H22N4O. The molecule has 108 valence electrons. The molecule has 5 heteroatoms. The Morgan fingerprint density at radius 2 is 2.20 bits per heavy atom. The molecule has 2 fully saturated rings. The second-order valence-corrected chi connectivity index (χ2v) is 6.00. The molecule has 5 nitrogen and oxygen atoms in total. The standard InChI is InChI=1S/C15H22N4O/c1-2-4-14-13(3-1)19(7-8-20-14)15-11-9-16-6-5-12(11)17-10-18-15/h10,13-14,16H,1-9H2. The molecule has 4 rings (SSSR count). The van der Waals surface area contributed by atoms with Crippen molar-refractivity contribution in [1.82, 2.24) is 15.3 Å². The predicted molar refractivity (Wildman–Crippen MR) is 76.8 cm³/mol. The number of rotatable bonds is 1. The highest BCUT2D eigenvalue weighted by Crippen LogP contribution is 2.33. The average Bonchev–Trinajstić information content (AvgIpc) is 2.54. The van der Waals surface area contributed by atoms with Gasteiger partial charge in [0.25, 0.3) is 0 Å². The van der Waals surface area contributed by atoms with Crippen LogP contribution in [0.15, 0.2) is 6.33 Å². The average molecular weight is 274 g/mol. The smallest absolute Gasteiger partial charge is 0.137 e. The highest BCUT2D eigenvalue weighted by molar-refractivity contribution is 5.51. The molecule has 3 heterocycles. The van der Waals surface area contributed by atoms with Crippen LogP contribution in [0.4, 0.5) is 5.82 Å². The van der Waals surface area contributed by atoms with Crippen molar-refractivity contribution in [2.75, 3.05) is 24.6 Å². The molecule has 2 aliphatic heterocycles. The maximum absolute atomic E-state index is 5.98. The van der Waals surface area contributed by atoms with Crippen LogP contribution in [-0.4, -0.2) is 41.8 Å². The fraction of sp³-hybridized carbons (Fsp3) is 0.733. The van der Waals surface area contributed by atoms with Crippen molar-refractivity contribution >= 4 is 5.82 Å². The predicted octanol–water partition coefficient (Wildman–Crippen LogP) is 1.27. The fourth-order valence-corrected chi connectivity index (χ4v) is 3.86. The van der Waals surface area contributed by atoms with Crippen LogP contribution in [0.2, 0.25) is 0 Å². The first kappa shape index (κ1) is 12.5. The van der Waals surface area contributed by atoms with Gasteiger partial charge >= 0.3 is 0 Å². The maximum atomic E-state index is 5.98. The number of morpholine rings is 1. The lowest BCUT2D eigenvalue weighted by Gasteiger charge is -2.45. The first-order valence-corrected chi connectivity index (χ1v) is 7.85. The molecule has 0 bridgehead atoms. The van der Waals surface area contributed by atoms with Crippen LogP contribution in [0.25, 0.3) is 0 Å². The summed E-state index contributed by atoms with van der Waals surface area (Å²) in [5, 5.41) is 3.45. The monoisotopic (exact) mass is 274 g/mol. The van der Waals surface area contributed by atoms with Gasteiger partial charge in [-0.25, -0.2) is 9.97 Å². The fourth-order valence-electron chi connectivity index (χ4n) is 3.86. The van der Waals surface area contributed by atoms with Crippen molar-refractivity contribution < 1.29 is 4.74 Å². The molecule has 3 aliphatic rings. The maximum Gasteiger partial charge on any atom is 0.137 e. The summed E-state index contributed by atoms with van der Waals surface area (Å²) in [5.74, 6) is 1.16. The Labute approximate surface area is 119 Å². The van der Waals surface area contributed by atoms with Gasteiger partial charge in [0.2, 0.25) is 0 Å². The third-order valence-corrected chi connectivity index (χ3v) is 4.86. The molecule has 20 heavy (non-hydrogen) atoms. The largest absolute Gasteiger partial charge is 0.374 e. The minimum Gasteiger partial charge on any atom is -0.374 e. The lowest BCUT2D eigenvalue weighted by atomic mass is 9.89. The SMILES string of the molecule is c1nc2c(c(N3CCOC4CCCCC43)n1)CNCC2. The number of aromatic nitrogens is 2. The van der Waals surface area contributed by atoms with Crippen molar-refractivity contribution in [2.24, 2.45) is 0 Å². The second kappa shape index (κ2) is 5.30. The number of nitrogens with one attached hydrogen (secondary N) is 1. The lowest BCUT2D eigenvalue weighted by Crippen LogP contribution is -2.53. The molecule has 1 N–H and O–H groups in total. The van der Waals surface area contributed by atoms with Gasteiger partial charge in [-0.2, -0.15) is 0 Å². The number of ether oxygens (including phenoxy) is 1. The van der Waals surface area contributed by atoms with Gasteiger partial charge in [0.1, 0.15) is 12.1 Å². The van der Waals surface area contributed by atoms with Gasteiger partial charge < -0.3 is 15.0 Å². The van der Waals surface area contributed by atoms with Crippen LogP contribution in [0, 0.1) is 0 Å². The zero-order valence-electron chi connectivity index (χ0n) is 11.8. The van der Waals surface area contributed by atoms with Crippen LogP contribution in [0.1, 0.15) is 36.9 Å². The molecule has 1 aromatic heterocycles. The molecule has 0 amide bonds. The van der Waals surface area contributed by atoms with E-state index in [1.54, 1.807) is 6.33 Å². The van der Waals surface area contributed by atoms with Gasteiger partial charge in [0.15, 0.2) is 0 Å². The molecule has 2 unspecified atom stereocenters. The Hall–Kier alpha value is -1.20. The first-order chi connectivity index (χ1) is 9.93. The first-order valence-electron chi connectivity index (χ1n) is 7.85. The normalized spacial score (nSPS) is 29.7. The quantitative estimate of drug-likeness (QED) is 0.836. The molecule has 0 spiro atoms. The highest BCUT2D eigenvalue weighted by atomic mass is 16.5. The molecule has 0 aromatic carbocycles. The summed E-state index contributed by atoms with van der Waals surface area (Å²) in [6.07, 6.45) is 8.21. The number of nitrogens with zero attached hydrogens (tertiary/aromatic N) is 3. The van der Waals surface area contributed by atoms with Crippen LogP contribution < -0.4 is 10.2 Å². The highest BCUT2D eigenvalue weighted by Gasteiger charge is 2.36. The zero-order valence-corrected chi connectivity index (χ0v) is 11.8. The number of hydrogen-bond donors (Lipinski definition) is 1. The van der Waals surface area contributed by atoms with Crippen molar-refractivity contribution in [3.05, 3.63) is 17.6 Å². The molecule has 1 aromatic rings. The van der Waals surface area contributed by atoms with Gasteiger partial charge in [-0.3, -0.25) is 0 Å². The summed E-state index contributed by atoms with van der Waals surface area (Å²) in [5.41, 5.74) is 2.54. The summed E-state index contributed by atoms with van der Waals surface area (Å²) in [7, 11) is 0.